The SMILES string of the molecule is CC/C=C\C/C=C\C/C=C\C/C=C\C/C=C\C/C=C\C/C=C\CCCCCCCCCCCCCCCCCCCCCC(=O)NC(COC1OC(CO)C(OC2OC(CO)C(OC3OC(CO)C(O)C(O)C3O)C(O)C2O)C(O)C1O)C(O)/C=C/CC/C=C/CCCCCCCCCCCCCCCCCCC. The van der Waals surface area contributed by atoms with Crippen LogP contribution in [0.1, 0.15) is 322 Å². The standard InChI is InChI=1S/C90H157NO18/c1-3-5-7-9-11-13-15-17-19-21-23-25-27-28-29-30-31-32-33-34-35-36-37-38-39-40-41-42-43-44-46-48-50-52-54-56-58-60-62-64-66-68-78(96)91-73(74(95)67-65-63-61-59-57-55-53-51-49-47-45-26-24-22-20-18-16-14-12-10-8-6-4-2)72-104-88-84(102)81(99)86(76(70-93)106-88)109-90-85(103)82(100)87(77(71-94)107-90)108-89-83(101)80(98)79(97)75(69-92)105-89/h5,7,11,13,17,19,23,25,28-29,31-32,34-35,57,59,65,67,73-77,79-90,92-95,97-103H,3-4,6,8-10,12,14-16,18,20-22,24,26-27,30,33,36-56,58,60-64,66,68-72H2,1-2H3,(H,91,96)/b7-5-,13-11-,19-17-,25-23-,29-28-,32-31-,35-34-,59-57+,67-65+. The molecule has 109 heavy (non-hydrogen) atoms. The number of allylic oxidation sites excluding steroid dienone is 17. The van der Waals surface area contributed by atoms with E-state index in [1.807, 2.05) is 6.08 Å². The summed E-state index contributed by atoms with van der Waals surface area (Å²) in [6.45, 7) is 1.63. The number of unbranched alkanes of at least 4 members (excludes halogenated alkanes) is 37. The van der Waals surface area contributed by atoms with Crippen LogP contribution in [0.2, 0.25) is 0 Å². The van der Waals surface area contributed by atoms with Crippen LogP contribution in [-0.2, 0) is 33.2 Å². The number of hydrogen-bond donors (Lipinski definition) is 12. The first-order valence-electron chi connectivity index (χ1n) is 43.6. The van der Waals surface area contributed by atoms with Gasteiger partial charge in [0.2, 0.25) is 5.91 Å². The Labute approximate surface area is 659 Å². The van der Waals surface area contributed by atoms with Gasteiger partial charge in [-0.15, -0.1) is 0 Å². The minimum atomic E-state index is -1.98. The monoisotopic (exact) mass is 1540 g/mol. The zero-order chi connectivity index (χ0) is 78.8. The summed E-state index contributed by atoms with van der Waals surface area (Å²) in [5.74, 6) is -0.283. The fraction of sp³-hybridized carbons (Fsp3) is 0.789. The Morgan fingerprint density at radius 2 is 0.642 bits per heavy atom. The lowest BCUT2D eigenvalue weighted by Gasteiger charge is -2.48. The summed E-state index contributed by atoms with van der Waals surface area (Å²) >= 11 is 0. The number of carbonyl (C=O) groups is 1. The molecule has 19 heteroatoms. The average molecular weight is 1540 g/mol. The van der Waals surface area contributed by atoms with Crippen molar-refractivity contribution in [2.45, 2.75) is 426 Å². The highest BCUT2D eigenvalue weighted by Gasteiger charge is 2.54. The first kappa shape index (κ1) is 99.6. The van der Waals surface area contributed by atoms with Gasteiger partial charge in [0.25, 0.3) is 0 Å². The molecule has 0 saturated carbocycles. The van der Waals surface area contributed by atoms with Crippen LogP contribution < -0.4 is 5.32 Å². The van der Waals surface area contributed by atoms with Gasteiger partial charge < -0.3 is 89.9 Å². The summed E-state index contributed by atoms with van der Waals surface area (Å²) in [6, 6.07) is -0.995. The van der Waals surface area contributed by atoms with Crippen molar-refractivity contribution in [3.05, 3.63) is 109 Å². The lowest BCUT2D eigenvalue weighted by Crippen LogP contribution is -2.66. The van der Waals surface area contributed by atoms with Crippen LogP contribution in [0.4, 0.5) is 0 Å². The van der Waals surface area contributed by atoms with Gasteiger partial charge in [-0.3, -0.25) is 4.79 Å². The lowest BCUT2D eigenvalue weighted by atomic mass is 9.96. The molecule has 3 fully saturated rings. The first-order valence-corrected chi connectivity index (χ1v) is 43.6. The molecule has 0 aliphatic carbocycles. The maximum atomic E-state index is 13.5. The molecule has 3 saturated heterocycles. The Balaban J connectivity index is 1.32. The molecule has 0 bridgehead atoms. The van der Waals surface area contributed by atoms with Crippen molar-refractivity contribution < 1.29 is 89.4 Å². The number of carbonyl (C=O) groups excluding carboxylic acids is 1. The van der Waals surface area contributed by atoms with Gasteiger partial charge in [-0.25, -0.2) is 0 Å². The molecule has 630 valence electrons. The number of hydrogen-bond acceptors (Lipinski definition) is 18. The van der Waals surface area contributed by atoms with Crippen molar-refractivity contribution in [2.24, 2.45) is 0 Å². The summed E-state index contributed by atoms with van der Waals surface area (Å²) in [6.07, 6.45) is 69.5. The third kappa shape index (κ3) is 47.8. The van der Waals surface area contributed by atoms with Gasteiger partial charge >= 0.3 is 0 Å². The highest BCUT2D eigenvalue weighted by Crippen LogP contribution is 2.33. The Morgan fingerprint density at radius 3 is 1.03 bits per heavy atom. The van der Waals surface area contributed by atoms with Gasteiger partial charge in [0.15, 0.2) is 18.9 Å². The second-order valence-corrected chi connectivity index (χ2v) is 30.6. The largest absolute Gasteiger partial charge is 0.394 e. The minimum absolute atomic E-state index is 0.233. The minimum Gasteiger partial charge on any atom is -0.394 e. The molecule has 19 nitrogen and oxygen atoms in total. The van der Waals surface area contributed by atoms with Crippen molar-refractivity contribution in [3.63, 3.8) is 0 Å². The second kappa shape index (κ2) is 68.8. The van der Waals surface area contributed by atoms with E-state index in [1.54, 1.807) is 6.08 Å². The molecular formula is C90H157NO18. The number of rotatable bonds is 69. The molecule has 3 aliphatic rings. The van der Waals surface area contributed by atoms with Crippen LogP contribution in [0.3, 0.4) is 0 Å². The van der Waals surface area contributed by atoms with Crippen LogP contribution in [0.5, 0.6) is 0 Å². The van der Waals surface area contributed by atoms with E-state index >= 15 is 0 Å². The first-order chi connectivity index (χ1) is 53.3. The fourth-order valence-electron chi connectivity index (χ4n) is 14.1. The van der Waals surface area contributed by atoms with Gasteiger partial charge in [-0.1, -0.05) is 335 Å². The smallest absolute Gasteiger partial charge is 0.220 e. The molecule has 3 heterocycles. The van der Waals surface area contributed by atoms with Crippen molar-refractivity contribution in [2.75, 3.05) is 26.4 Å². The van der Waals surface area contributed by atoms with Crippen LogP contribution in [0.25, 0.3) is 0 Å². The third-order valence-electron chi connectivity index (χ3n) is 21.1. The molecule has 3 rings (SSSR count). The molecular weight excluding hydrogens is 1380 g/mol. The lowest BCUT2D eigenvalue weighted by molar-refractivity contribution is -0.379. The number of aliphatic hydroxyl groups excluding tert-OH is 11. The summed E-state index contributed by atoms with van der Waals surface area (Å²) < 4.78 is 34.5. The quantitative estimate of drug-likeness (QED) is 0.0199. The predicted octanol–water partition coefficient (Wildman–Crippen LogP) is 16.1. The number of nitrogens with one attached hydrogen (secondary N) is 1. The molecule has 0 radical (unpaired) electrons. The molecule has 1 amide bonds. The Bertz CT molecular complexity index is 2390. The fourth-order valence-corrected chi connectivity index (χ4v) is 14.1. The molecule has 12 N–H and O–H groups in total. The van der Waals surface area contributed by atoms with E-state index < -0.39 is 124 Å². The van der Waals surface area contributed by atoms with Gasteiger partial charge in [0.1, 0.15) is 73.2 Å². The van der Waals surface area contributed by atoms with E-state index in [0.29, 0.717) is 12.8 Å². The maximum Gasteiger partial charge on any atom is 0.220 e. The Kier molecular flexibility index (Phi) is 62.9. The zero-order valence-electron chi connectivity index (χ0n) is 67.8. The molecule has 0 spiro atoms. The van der Waals surface area contributed by atoms with E-state index in [-0.39, 0.29) is 18.9 Å². The van der Waals surface area contributed by atoms with Crippen molar-refractivity contribution in [1.29, 1.82) is 0 Å². The highest BCUT2D eigenvalue weighted by atomic mass is 16.8. The van der Waals surface area contributed by atoms with Gasteiger partial charge in [-0.2, -0.15) is 0 Å². The van der Waals surface area contributed by atoms with E-state index in [4.69, 9.17) is 28.4 Å². The van der Waals surface area contributed by atoms with Gasteiger partial charge in [0, 0.05) is 6.42 Å². The molecule has 0 aromatic carbocycles. The van der Waals surface area contributed by atoms with E-state index in [9.17, 15) is 61.0 Å². The number of amides is 1. The molecule has 17 unspecified atom stereocenters. The zero-order valence-corrected chi connectivity index (χ0v) is 67.8. The van der Waals surface area contributed by atoms with Crippen LogP contribution in [0, 0.1) is 0 Å². The van der Waals surface area contributed by atoms with Crippen molar-refractivity contribution in [3.8, 4) is 0 Å². The van der Waals surface area contributed by atoms with Crippen molar-refractivity contribution in [1.82, 2.24) is 5.32 Å². The molecule has 3 aliphatic heterocycles. The van der Waals surface area contributed by atoms with Gasteiger partial charge in [-0.05, 0) is 89.9 Å². The average Bonchev–Trinajstić information content (AvgIpc) is 0.760. The molecule has 0 aromatic heterocycles. The van der Waals surface area contributed by atoms with E-state index in [0.717, 1.165) is 83.5 Å². The third-order valence-corrected chi connectivity index (χ3v) is 21.1. The van der Waals surface area contributed by atoms with Crippen LogP contribution in [0.15, 0.2) is 109 Å². The van der Waals surface area contributed by atoms with Crippen LogP contribution in [-0.4, -0.2) is 193 Å². The topological polar surface area (TPSA) is 307 Å². The summed E-state index contributed by atoms with van der Waals surface area (Å²) in [5.41, 5.74) is 0. The molecule has 0 aromatic rings. The van der Waals surface area contributed by atoms with Gasteiger partial charge in [0.05, 0.1) is 38.6 Å². The maximum absolute atomic E-state index is 13.5. The second-order valence-electron chi connectivity index (χ2n) is 30.6. The summed E-state index contributed by atoms with van der Waals surface area (Å²) in [4.78, 5) is 13.5. The summed E-state index contributed by atoms with van der Waals surface area (Å²) in [5, 5.41) is 121. The summed E-state index contributed by atoms with van der Waals surface area (Å²) in [7, 11) is 0. The molecule has 17 atom stereocenters. The number of ether oxygens (including phenoxy) is 6. The normalized spacial score (nSPS) is 25.8. The van der Waals surface area contributed by atoms with Crippen LogP contribution >= 0.6 is 0 Å². The Morgan fingerprint density at radius 1 is 0.339 bits per heavy atom. The Hall–Kier alpha value is -3.55. The number of aliphatic hydroxyl groups is 11. The predicted molar refractivity (Wildman–Crippen MR) is 438 cm³/mol. The van der Waals surface area contributed by atoms with E-state index in [1.165, 1.54) is 205 Å². The van der Waals surface area contributed by atoms with E-state index in [2.05, 4.69) is 116 Å². The highest BCUT2D eigenvalue weighted by molar-refractivity contribution is 5.76. The van der Waals surface area contributed by atoms with Crippen molar-refractivity contribution >= 4 is 5.91 Å².